The predicted octanol–water partition coefficient (Wildman–Crippen LogP) is 2.79. The van der Waals surface area contributed by atoms with E-state index in [9.17, 15) is 13.6 Å². The number of ether oxygens (including phenoxy) is 2. The molecule has 2 rings (SSSR count). The summed E-state index contributed by atoms with van der Waals surface area (Å²) in [6, 6.07) is 4.58. The Kier molecular flexibility index (Phi) is 8.21. The van der Waals surface area contributed by atoms with Gasteiger partial charge in [0.15, 0.2) is 11.5 Å². The molecular formula is C16H23ClF2N2O3. The highest BCUT2D eigenvalue weighted by Crippen LogP contribution is 2.34. The van der Waals surface area contributed by atoms with Crippen LogP contribution in [0.2, 0.25) is 0 Å². The van der Waals surface area contributed by atoms with E-state index < -0.39 is 6.61 Å². The second-order valence-corrected chi connectivity index (χ2v) is 5.53. The maximum Gasteiger partial charge on any atom is 0.387 e. The van der Waals surface area contributed by atoms with Crippen molar-refractivity contribution in [2.24, 2.45) is 5.92 Å². The van der Waals surface area contributed by atoms with E-state index in [1.54, 1.807) is 11.0 Å². The molecule has 1 aliphatic heterocycles. The maximum absolute atomic E-state index is 12.7. The molecule has 24 heavy (non-hydrogen) atoms. The van der Waals surface area contributed by atoms with Crippen LogP contribution < -0.4 is 14.8 Å². The number of piperidine rings is 1. The monoisotopic (exact) mass is 364 g/mol. The highest BCUT2D eigenvalue weighted by molar-refractivity contribution is 5.98. The van der Waals surface area contributed by atoms with Crippen LogP contribution in [0.1, 0.15) is 23.2 Å². The highest BCUT2D eigenvalue weighted by Gasteiger charge is 2.28. The van der Waals surface area contributed by atoms with E-state index in [4.69, 9.17) is 4.74 Å². The SMILES string of the molecule is CNCC1CCCN(C(=O)c2cccc(OC)c2OC(F)F)C1.Cl. The number of benzene rings is 1. The van der Waals surface area contributed by atoms with E-state index >= 15 is 0 Å². The summed E-state index contributed by atoms with van der Waals surface area (Å²) >= 11 is 0. The summed E-state index contributed by atoms with van der Waals surface area (Å²) in [5, 5.41) is 3.11. The molecule has 0 spiro atoms. The lowest BCUT2D eigenvalue weighted by atomic mass is 9.97. The molecule has 1 aromatic carbocycles. The van der Waals surface area contributed by atoms with Crippen LogP contribution in [0.3, 0.4) is 0 Å². The van der Waals surface area contributed by atoms with Crippen LogP contribution in [0, 0.1) is 5.92 Å². The number of methoxy groups -OCH3 is 1. The van der Waals surface area contributed by atoms with Gasteiger partial charge in [0.05, 0.1) is 12.7 Å². The first kappa shape index (κ1) is 20.4. The topological polar surface area (TPSA) is 50.8 Å². The van der Waals surface area contributed by atoms with Gasteiger partial charge < -0.3 is 19.7 Å². The Morgan fingerprint density at radius 2 is 2.21 bits per heavy atom. The fraction of sp³-hybridized carbons (Fsp3) is 0.562. The Morgan fingerprint density at radius 1 is 1.46 bits per heavy atom. The van der Waals surface area contributed by atoms with E-state index in [0.29, 0.717) is 19.0 Å². The molecule has 1 atom stereocenters. The second kappa shape index (κ2) is 9.64. The average Bonchev–Trinajstić information content (AvgIpc) is 2.54. The standard InChI is InChI=1S/C16H22F2N2O3.ClH/c1-19-9-11-5-4-8-20(10-11)15(21)12-6-3-7-13(22-2)14(12)23-16(17)18;/h3,6-7,11,16,19H,4-5,8-10H2,1-2H3;1H. The summed E-state index contributed by atoms with van der Waals surface area (Å²) in [5.41, 5.74) is 0.106. The van der Waals surface area contributed by atoms with Crippen molar-refractivity contribution < 1.29 is 23.0 Å². The first-order chi connectivity index (χ1) is 11.1. The first-order valence-corrected chi connectivity index (χ1v) is 7.62. The van der Waals surface area contributed by atoms with Crippen LogP contribution in [0.25, 0.3) is 0 Å². The van der Waals surface area contributed by atoms with E-state index in [1.165, 1.54) is 19.2 Å². The largest absolute Gasteiger partial charge is 0.493 e. The van der Waals surface area contributed by atoms with Crippen LogP contribution in [0.4, 0.5) is 8.78 Å². The van der Waals surface area contributed by atoms with Gasteiger partial charge in [0, 0.05) is 13.1 Å². The molecule has 1 N–H and O–H groups in total. The summed E-state index contributed by atoms with van der Waals surface area (Å²) in [6.45, 7) is -0.978. The lowest BCUT2D eigenvalue weighted by molar-refractivity contribution is -0.0517. The molecule has 5 nitrogen and oxygen atoms in total. The molecule has 1 aromatic rings. The smallest absolute Gasteiger partial charge is 0.387 e. The number of amides is 1. The number of alkyl halides is 2. The third kappa shape index (κ3) is 4.95. The number of para-hydroxylation sites is 1. The Labute approximate surface area is 146 Å². The maximum atomic E-state index is 12.7. The van der Waals surface area contributed by atoms with Crippen molar-refractivity contribution in [3.8, 4) is 11.5 Å². The Bertz CT molecular complexity index is 544. The molecular weight excluding hydrogens is 342 g/mol. The molecule has 1 fully saturated rings. The highest BCUT2D eigenvalue weighted by atomic mass is 35.5. The van der Waals surface area contributed by atoms with Gasteiger partial charge in [-0.1, -0.05) is 6.07 Å². The molecule has 8 heteroatoms. The number of carbonyl (C=O) groups excluding carboxylic acids is 1. The quantitative estimate of drug-likeness (QED) is 0.843. The van der Waals surface area contributed by atoms with E-state index in [2.05, 4.69) is 10.1 Å². The van der Waals surface area contributed by atoms with E-state index in [0.717, 1.165) is 19.4 Å². The Morgan fingerprint density at radius 3 is 2.83 bits per heavy atom. The molecule has 1 amide bonds. The summed E-state index contributed by atoms with van der Waals surface area (Å²) in [4.78, 5) is 14.4. The van der Waals surface area contributed by atoms with Gasteiger partial charge in [0.1, 0.15) is 0 Å². The van der Waals surface area contributed by atoms with Gasteiger partial charge in [-0.25, -0.2) is 0 Å². The van der Waals surface area contributed by atoms with Crippen LogP contribution in [-0.4, -0.2) is 51.2 Å². The molecule has 1 aliphatic rings. The van der Waals surface area contributed by atoms with Crippen LogP contribution in [0.15, 0.2) is 18.2 Å². The van der Waals surface area contributed by atoms with Crippen molar-refractivity contribution in [2.45, 2.75) is 19.5 Å². The molecule has 1 saturated heterocycles. The summed E-state index contributed by atoms with van der Waals surface area (Å²) in [7, 11) is 3.23. The number of likely N-dealkylation sites (tertiary alicyclic amines) is 1. The zero-order valence-corrected chi connectivity index (χ0v) is 14.6. The first-order valence-electron chi connectivity index (χ1n) is 7.62. The van der Waals surface area contributed by atoms with Crippen LogP contribution in [0.5, 0.6) is 11.5 Å². The fourth-order valence-corrected chi connectivity index (χ4v) is 2.93. The minimum absolute atomic E-state index is 0. The number of halogens is 3. The molecule has 0 bridgehead atoms. The molecule has 0 aliphatic carbocycles. The fourth-order valence-electron chi connectivity index (χ4n) is 2.93. The van der Waals surface area contributed by atoms with Crippen molar-refractivity contribution >= 4 is 18.3 Å². The number of hydrogen-bond acceptors (Lipinski definition) is 4. The number of hydrogen-bond donors (Lipinski definition) is 1. The number of nitrogens with one attached hydrogen (secondary N) is 1. The third-order valence-electron chi connectivity index (χ3n) is 3.94. The number of carbonyl (C=O) groups is 1. The minimum Gasteiger partial charge on any atom is -0.493 e. The molecule has 0 radical (unpaired) electrons. The zero-order valence-electron chi connectivity index (χ0n) is 13.8. The molecule has 1 heterocycles. The van der Waals surface area contributed by atoms with Crippen molar-refractivity contribution in [2.75, 3.05) is 33.8 Å². The van der Waals surface area contributed by atoms with Gasteiger partial charge in [0.2, 0.25) is 0 Å². The van der Waals surface area contributed by atoms with Crippen molar-refractivity contribution in [3.05, 3.63) is 23.8 Å². The lowest BCUT2D eigenvalue weighted by Crippen LogP contribution is -2.42. The van der Waals surface area contributed by atoms with Gasteiger partial charge in [0.25, 0.3) is 5.91 Å². The van der Waals surface area contributed by atoms with Gasteiger partial charge in [-0.05, 0) is 44.5 Å². The van der Waals surface area contributed by atoms with E-state index in [1.807, 2.05) is 7.05 Å². The van der Waals surface area contributed by atoms with Gasteiger partial charge in [-0.3, -0.25) is 4.79 Å². The van der Waals surface area contributed by atoms with Gasteiger partial charge in [-0.15, -0.1) is 12.4 Å². The average molecular weight is 365 g/mol. The normalized spacial score (nSPS) is 17.4. The lowest BCUT2D eigenvalue weighted by Gasteiger charge is -2.33. The Hall–Kier alpha value is -1.60. The van der Waals surface area contributed by atoms with Crippen LogP contribution >= 0.6 is 12.4 Å². The molecule has 0 saturated carbocycles. The molecule has 136 valence electrons. The summed E-state index contributed by atoms with van der Waals surface area (Å²) < 4.78 is 34.9. The third-order valence-corrected chi connectivity index (χ3v) is 3.94. The number of nitrogens with zero attached hydrogens (tertiary/aromatic N) is 1. The summed E-state index contributed by atoms with van der Waals surface area (Å²) in [6.07, 6.45) is 1.94. The van der Waals surface area contributed by atoms with Crippen LogP contribution in [-0.2, 0) is 0 Å². The van der Waals surface area contributed by atoms with Crippen molar-refractivity contribution in [3.63, 3.8) is 0 Å². The summed E-state index contributed by atoms with van der Waals surface area (Å²) in [5.74, 6) is -0.0196. The van der Waals surface area contributed by atoms with Gasteiger partial charge in [-0.2, -0.15) is 8.78 Å². The second-order valence-electron chi connectivity index (χ2n) is 5.53. The minimum atomic E-state index is -3.02. The van der Waals surface area contributed by atoms with E-state index in [-0.39, 0.29) is 35.4 Å². The van der Waals surface area contributed by atoms with Crippen molar-refractivity contribution in [1.29, 1.82) is 0 Å². The zero-order chi connectivity index (χ0) is 16.8. The van der Waals surface area contributed by atoms with Gasteiger partial charge >= 0.3 is 6.61 Å². The number of rotatable bonds is 6. The van der Waals surface area contributed by atoms with Crippen molar-refractivity contribution in [1.82, 2.24) is 10.2 Å². The molecule has 1 unspecified atom stereocenters. The Balaban J connectivity index is 0.00000288. The molecule has 0 aromatic heterocycles. The predicted molar refractivity (Wildman–Crippen MR) is 89.4 cm³/mol.